The lowest BCUT2D eigenvalue weighted by Gasteiger charge is -2.34. The highest BCUT2D eigenvalue weighted by atomic mass is 32.2. The third kappa shape index (κ3) is 4.28. The van der Waals surface area contributed by atoms with E-state index in [1.165, 1.54) is 6.42 Å². The summed E-state index contributed by atoms with van der Waals surface area (Å²) in [7, 11) is -2.88. The third-order valence-corrected chi connectivity index (χ3v) is 6.22. The van der Waals surface area contributed by atoms with Crippen LogP contribution in [0.15, 0.2) is 0 Å². The molecule has 0 aromatic rings. The van der Waals surface area contributed by atoms with E-state index in [2.05, 4.69) is 13.0 Å². The highest BCUT2D eigenvalue weighted by Crippen LogP contribution is 2.42. The van der Waals surface area contributed by atoms with Gasteiger partial charge in [-0.2, -0.15) is 5.26 Å². The van der Waals surface area contributed by atoms with Crippen molar-refractivity contribution in [3.63, 3.8) is 0 Å². The maximum Gasteiger partial charge on any atom is 0.150 e. The molecule has 0 spiro atoms. The van der Waals surface area contributed by atoms with E-state index < -0.39 is 9.84 Å². The lowest BCUT2D eigenvalue weighted by atomic mass is 9.68. The molecule has 0 saturated heterocycles. The van der Waals surface area contributed by atoms with Crippen LogP contribution in [0, 0.1) is 22.7 Å². The maximum absolute atomic E-state index is 11.4. The van der Waals surface area contributed by atoms with Crippen molar-refractivity contribution >= 4 is 9.84 Å². The summed E-state index contributed by atoms with van der Waals surface area (Å²) in [5.74, 6) is 1.22. The second-order valence-electron chi connectivity index (χ2n) is 5.58. The molecule has 0 aliphatic heterocycles. The van der Waals surface area contributed by atoms with Crippen molar-refractivity contribution in [2.45, 2.75) is 58.8 Å². The normalized spacial score (nSPS) is 28.8. The van der Waals surface area contributed by atoms with Gasteiger partial charge in [-0.1, -0.05) is 20.3 Å². The Balaban J connectivity index is 2.46. The van der Waals surface area contributed by atoms with Gasteiger partial charge in [0.2, 0.25) is 0 Å². The molecular formula is C14H25NO2S. The van der Waals surface area contributed by atoms with Gasteiger partial charge in [0.25, 0.3) is 0 Å². The quantitative estimate of drug-likeness (QED) is 0.744. The molecule has 0 aromatic heterocycles. The minimum absolute atomic E-state index is 0.213. The maximum atomic E-state index is 11.4. The van der Waals surface area contributed by atoms with Crippen molar-refractivity contribution in [1.82, 2.24) is 0 Å². The summed E-state index contributed by atoms with van der Waals surface area (Å²) in [5.41, 5.74) is -0.241. The van der Waals surface area contributed by atoms with Crippen molar-refractivity contribution in [1.29, 1.82) is 5.26 Å². The van der Waals surface area contributed by atoms with Crippen LogP contribution in [-0.2, 0) is 9.84 Å². The average molecular weight is 271 g/mol. The standard InChI is InChI=1S/C14H25NO2S/c1-3-13-6-9-14(12-15,10-7-13)8-5-11-18(16,17)4-2/h13H,3-11H2,1-2H3. The number of hydrogen-bond acceptors (Lipinski definition) is 3. The van der Waals surface area contributed by atoms with Crippen molar-refractivity contribution in [3.8, 4) is 6.07 Å². The summed E-state index contributed by atoms with van der Waals surface area (Å²) in [6.07, 6.45) is 6.75. The minimum Gasteiger partial charge on any atom is -0.229 e. The zero-order valence-electron chi connectivity index (χ0n) is 11.6. The molecule has 0 amide bonds. The summed E-state index contributed by atoms with van der Waals surface area (Å²) in [6.45, 7) is 3.89. The molecular weight excluding hydrogens is 246 g/mol. The SMILES string of the molecule is CCC1CCC(C#N)(CCCS(=O)(=O)CC)CC1. The Kier molecular flexibility index (Phi) is 5.65. The van der Waals surface area contributed by atoms with E-state index in [1.807, 2.05) is 0 Å². The molecule has 0 N–H and O–H groups in total. The molecule has 4 heteroatoms. The zero-order valence-corrected chi connectivity index (χ0v) is 12.4. The first-order valence-corrected chi connectivity index (χ1v) is 8.91. The summed E-state index contributed by atoms with van der Waals surface area (Å²) >= 11 is 0. The van der Waals surface area contributed by atoms with Gasteiger partial charge in [0.1, 0.15) is 9.84 Å². The molecule has 1 rings (SSSR count). The van der Waals surface area contributed by atoms with Crippen LogP contribution in [0.25, 0.3) is 0 Å². The first-order chi connectivity index (χ1) is 8.47. The van der Waals surface area contributed by atoms with Crippen molar-refractivity contribution in [3.05, 3.63) is 0 Å². The fourth-order valence-electron chi connectivity index (χ4n) is 2.83. The second-order valence-corrected chi connectivity index (χ2v) is 8.06. The van der Waals surface area contributed by atoms with E-state index in [0.29, 0.717) is 6.42 Å². The van der Waals surface area contributed by atoms with Gasteiger partial charge in [0, 0.05) is 5.75 Å². The molecule has 0 bridgehead atoms. The molecule has 0 unspecified atom stereocenters. The van der Waals surface area contributed by atoms with Crippen molar-refractivity contribution in [2.24, 2.45) is 11.3 Å². The number of nitrogens with zero attached hydrogens (tertiary/aromatic N) is 1. The first-order valence-electron chi connectivity index (χ1n) is 7.08. The molecule has 1 aliphatic rings. The molecule has 0 aromatic carbocycles. The smallest absolute Gasteiger partial charge is 0.150 e. The molecule has 18 heavy (non-hydrogen) atoms. The van der Waals surface area contributed by atoms with Crippen LogP contribution in [0.3, 0.4) is 0 Å². The molecule has 0 heterocycles. The Morgan fingerprint density at radius 1 is 1.28 bits per heavy atom. The second kappa shape index (κ2) is 6.56. The van der Waals surface area contributed by atoms with Crippen LogP contribution >= 0.6 is 0 Å². The average Bonchev–Trinajstić information content (AvgIpc) is 2.39. The van der Waals surface area contributed by atoms with Crippen molar-refractivity contribution < 1.29 is 8.42 Å². The molecule has 1 fully saturated rings. The fraction of sp³-hybridized carbons (Fsp3) is 0.929. The Bertz CT molecular complexity index is 387. The van der Waals surface area contributed by atoms with Gasteiger partial charge in [-0.15, -0.1) is 0 Å². The van der Waals surface area contributed by atoms with E-state index in [4.69, 9.17) is 0 Å². The predicted molar refractivity (Wildman–Crippen MR) is 73.9 cm³/mol. The Hall–Kier alpha value is -0.560. The van der Waals surface area contributed by atoms with Crippen LogP contribution in [0.4, 0.5) is 0 Å². The molecule has 0 atom stereocenters. The summed E-state index contributed by atoms with van der Waals surface area (Å²) in [5, 5.41) is 9.39. The van der Waals surface area contributed by atoms with Crippen LogP contribution < -0.4 is 0 Å². The molecule has 1 saturated carbocycles. The Morgan fingerprint density at radius 2 is 1.89 bits per heavy atom. The van der Waals surface area contributed by atoms with E-state index >= 15 is 0 Å². The van der Waals surface area contributed by atoms with Crippen molar-refractivity contribution in [2.75, 3.05) is 11.5 Å². The highest BCUT2D eigenvalue weighted by molar-refractivity contribution is 7.91. The number of rotatable bonds is 6. The lowest BCUT2D eigenvalue weighted by molar-refractivity contribution is 0.193. The number of nitriles is 1. The van der Waals surface area contributed by atoms with Gasteiger partial charge in [-0.25, -0.2) is 8.42 Å². The highest BCUT2D eigenvalue weighted by Gasteiger charge is 2.34. The fourth-order valence-corrected chi connectivity index (χ4v) is 3.70. The molecule has 0 radical (unpaired) electrons. The monoisotopic (exact) mass is 271 g/mol. The summed E-state index contributed by atoms with van der Waals surface area (Å²) < 4.78 is 22.9. The lowest BCUT2D eigenvalue weighted by Crippen LogP contribution is -2.26. The summed E-state index contributed by atoms with van der Waals surface area (Å²) in [4.78, 5) is 0. The van der Waals surface area contributed by atoms with Crippen LogP contribution in [0.1, 0.15) is 58.8 Å². The Morgan fingerprint density at radius 3 is 2.33 bits per heavy atom. The largest absolute Gasteiger partial charge is 0.229 e. The minimum atomic E-state index is -2.88. The van der Waals surface area contributed by atoms with E-state index in [9.17, 15) is 13.7 Å². The third-order valence-electron chi connectivity index (χ3n) is 4.43. The molecule has 1 aliphatic carbocycles. The molecule has 3 nitrogen and oxygen atoms in total. The van der Waals surface area contributed by atoms with Gasteiger partial charge < -0.3 is 0 Å². The van der Waals surface area contributed by atoms with Crippen LogP contribution in [0.2, 0.25) is 0 Å². The van der Waals surface area contributed by atoms with Gasteiger partial charge >= 0.3 is 0 Å². The first kappa shape index (κ1) is 15.5. The van der Waals surface area contributed by atoms with E-state index in [1.54, 1.807) is 6.92 Å². The van der Waals surface area contributed by atoms with E-state index in [0.717, 1.165) is 38.0 Å². The number of sulfone groups is 1. The van der Waals surface area contributed by atoms with Crippen LogP contribution in [0.5, 0.6) is 0 Å². The summed E-state index contributed by atoms with van der Waals surface area (Å²) in [6, 6.07) is 2.47. The zero-order chi connectivity index (χ0) is 13.6. The van der Waals surface area contributed by atoms with Gasteiger partial charge in [0.15, 0.2) is 0 Å². The topological polar surface area (TPSA) is 57.9 Å². The predicted octanol–water partition coefficient (Wildman–Crippen LogP) is 3.31. The Labute approximate surface area is 111 Å². The van der Waals surface area contributed by atoms with Gasteiger partial charge in [-0.05, 0) is 44.4 Å². The number of hydrogen-bond donors (Lipinski definition) is 0. The van der Waals surface area contributed by atoms with Crippen LogP contribution in [-0.4, -0.2) is 19.9 Å². The van der Waals surface area contributed by atoms with Gasteiger partial charge in [-0.3, -0.25) is 0 Å². The molecule has 104 valence electrons. The van der Waals surface area contributed by atoms with E-state index in [-0.39, 0.29) is 16.9 Å². The van der Waals surface area contributed by atoms with Gasteiger partial charge in [0.05, 0.1) is 17.2 Å².